The van der Waals surface area contributed by atoms with Crippen molar-refractivity contribution in [3.8, 4) is 5.75 Å². The van der Waals surface area contributed by atoms with Crippen LogP contribution < -0.4 is 15.8 Å². The van der Waals surface area contributed by atoms with Crippen LogP contribution in [-0.4, -0.2) is 18.1 Å². The molecule has 0 saturated carbocycles. The number of hydrogen-bond donors (Lipinski definition) is 2. The maximum atomic E-state index is 5.96. The van der Waals surface area contributed by atoms with Crippen LogP contribution in [0.1, 0.15) is 24.6 Å². The molecule has 112 valence electrons. The van der Waals surface area contributed by atoms with Gasteiger partial charge in [-0.25, -0.2) is 0 Å². The van der Waals surface area contributed by atoms with Crippen molar-refractivity contribution in [1.82, 2.24) is 10.3 Å². The van der Waals surface area contributed by atoms with Crippen LogP contribution in [0.15, 0.2) is 42.6 Å². The smallest absolute Gasteiger partial charge is 0.142 e. The van der Waals surface area contributed by atoms with Crippen molar-refractivity contribution in [3.63, 3.8) is 0 Å². The molecule has 0 aliphatic rings. The zero-order valence-electron chi connectivity index (χ0n) is 12.5. The van der Waals surface area contributed by atoms with Gasteiger partial charge in [0.2, 0.25) is 0 Å². The first-order valence-corrected chi connectivity index (χ1v) is 7.41. The summed E-state index contributed by atoms with van der Waals surface area (Å²) in [5, 5.41) is 3.40. The Morgan fingerprint density at radius 2 is 2.14 bits per heavy atom. The number of hydrogen-bond acceptors (Lipinski definition) is 4. The number of aryl methyl sites for hydroxylation is 1. The van der Waals surface area contributed by atoms with Gasteiger partial charge in [0, 0.05) is 12.7 Å². The number of nitrogens with two attached hydrogens (primary N) is 1. The molecule has 1 aromatic carbocycles. The standard InChI is InChI=1S/C17H23N3O/c1-2-21-17-9-8-14(12-16(17)18)6-5-10-19-13-15-7-3-4-11-20-15/h3-4,7-9,11-12,19H,2,5-6,10,13,18H2,1H3. The van der Waals surface area contributed by atoms with Crippen LogP contribution in [0.5, 0.6) is 5.75 Å². The second-order valence-corrected chi connectivity index (χ2v) is 4.91. The summed E-state index contributed by atoms with van der Waals surface area (Å²) in [7, 11) is 0. The first-order valence-electron chi connectivity index (χ1n) is 7.41. The topological polar surface area (TPSA) is 60.2 Å². The van der Waals surface area contributed by atoms with Gasteiger partial charge < -0.3 is 15.8 Å². The van der Waals surface area contributed by atoms with Gasteiger partial charge in [-0.3, -0.25) is 4.98 Å². The summed E-state index contributed by atoms with van der Waals surface area (Å²) in [5.41, 5.74) is 9.00. The Morgan fingerprint density at radius 1 is 1.24 bits per heavy atom. The van der Waals surface area contributed by atoms with E-state index in [1.165, 1.54) is 5.56 Å². The highest BCUT2D eigenvalue weighted by molar-refractivity contribution is 5.54. The maximum Gasteiger partial charge on any atom is 0.142 e. The number of rotatable bonds is 8. The molecule has 0 atom stereocenters. The molecule has 1 aromatic heterocycles. The van der Waals surface area contributed by atoms with E-state index < -0.39 is 0 Å². The van der Waals surface area contributed by atoms with Gasteiger partial charge in [0.25, 0.3) is 0 Å². The minimum absolute atomic E-state index is 0.640. The Bertz CT molecular complexity index is 543. The van der Waals surface area contributed by atoms with Crippen molar-refractivity contribution in [3.05, 3.63) is 53.9 Å². The highest BCUT2D eigenvalue weighted by Gasteiger charge is 2.01. The van der Waals surface area contributed by atoms with E-state index in [4.69, 9.17) is 10.5 Å². The van der Waals surface area contributed by atoms with Gasteiger partial charge in [0.15, 0.2) is 0 Å². The van der Waals surface area contributed by atoms with Crippen molar-refractivity contribution in [2.24, 2.45) is 0 Å². The van der Waals surface area contributed by atoms with Crippen molar-refractivity contribution in [1.29, 1.82) is 0 Å². The van der Waals surface area contributed by atoms with Crippen molar-refractivity contribution in [2.75, 3.05) is 18.9 Å². The molecule has 0 bridgehead atoms. The number of benzene rings is 1. The predicted octanol–water partition coefficient (Wildman–Crippen LogP) is 2.78. The van der Waals surface area contributed by atoms with Gasteiger partial charge in [-0.1, -0.05) is 12.1 Å². The molecule has 1 heterocycles. The summed E-state index contributed by atoms with van der Waals surface area (Å²) in [6.07, 6.45) is 3.89. The number of ether oxygens (including phenoxy) is 1. The summed E-state index contributed by atoms with van der Waals surface area (Å²) < 4.78 is 5.44. The van der Waals surface area contributed by atoms with Crippen molar-refractivity contribution in [2.45, 2.75) is 26.3 Å². The van der Waals surface area contributed by atoms with Crippen LogP contribution >= 0.6 is 0 Å². The lowest BCUT2D eigenvalue weighted by molar-refractivity contribution is 0.342. The quantitative estimate of drug-likeness (QED) is 0.578. The van der Waals surface area contributed by atoms with Crippen molar-refractivity contribution >= 4 is 5.69 Å². The first-order chi connectivity index (χ1) is 10.3. The fourth-order valence-electron chi connectivity index (χ4n) is 2.18. The van der Waals surface area contributed by atoms with Crippen LogP contribution in [0.2, 0.25) is 0 Å². The second-order valence-electron chi connectivity index (χ2n) is 4.91. The number of anilines is 1. The molecule has 0 unspecified atom stereocenters. The Hall–Kier alpha value is -2.07. The zero-order chi connectivity index (χ0) is 14.9. The summed E-state index contributed by atoms with van der Waals surface area (Å²) in [6, 6.07) is 12.0. The Labute approximate surface area is 126 Å². The molecule has 0 aliphatic carbocycles. The first kappa shape index (κ1) is 15.3. The molecule has 0 aliphatic heterocycles. The third-order valence-corrected chi connectivity index (χ3v) is 3.23. The molecular formula is C17H23N3O. The molecule has 2 rings (SSSR count). The number of pyridine rings is 1. The van der Waals surface area contributed by atoms with Crippen LogP contribution in [0.3, 0.4) is 0 Å². The predicted molar refractivity (Wildman–Crippen MR) is 86.3 cm³/mol. The molecule has 2 aromatic rings. The minimum Gasteiger partial charge on any atom is -0.492 e. The molecule has 0 spiro atoms. The Morgan fingerprint density at radius 3 is 2.86 bits per heavy atom. The summed E-state index contributed by atoms with van der Waals surface area (Å²) in [4.78, 5) is 4.28. The summed E-state index contributed by atoms with van der Waals surface area (Å²) in [5.74, 6) is 0.773. The van der Waals surface area contributed by atoms with E-state index in [0.29, 0.717) is 6.61 Å². The average molecular weight is 285 g/mol. The van der Waals surface area contributed by atoms with Gasteiger partial charge in [-0.2, -0.15) is 0 Å². The molecule has 0 radical (unpaired) electrons. The lowest BCUT2D eigenvalue weighted by atomic mass is 10.1. The fraction of sp³-hybridized carbons (Fsp3) is 0.353. The number of nitrogens with zero attached hydrogens (tertiary/aromatic N) is 1. The third-order valence-electron chi connectivity index (χ3n) is 3.23. The average Bonchev–Trinajstić information content (AvgIpc) is 2.51. The summed E-state index contributed by atoms with van der Waals surface area (Å²) >= 11 is 0. The number of nitrogen functional groups attached to an aromatic ring is 1. The largest absolute Gasteiger partial charge is 0.492 e. The van der Waals surface area contributed by atoms with Gasteiger partial charge in [0.1, 0.15) is 5.75 Å². The van der Waals surface area contributed by atoms with E-state index in [1.807, 2.05) is 43.5 Å². The van der Waals surface area contributed by atoms with E-state index in [-0.39, 0.29) is 0 Å². The highest BCUT2D eigenvalue weighted by Crippen LogP contribution is 2.22. The Kier molecular flexibility index (Phi) is 6.03. The zero-order valence-corrected chi connectivity index (χ0v) is 12.5. The molecule has 0 fully saturated rings. The fourth-order valence-corrected chi connectivity index (χ4v) is 2.18. The van der Waals surface area contributed by atoms with Gasteiger partial charge in [-0.05, 0) is 56.1 Å². The molecule has 4 nitrogen and oxygen atoms in total. The number of aromatic nitrogens is 1. The van der Waals surface area contributed by atoms with Gasteiger partial charge in [0.05, 0.1) is 18.0 Å². The van der Waals surface area contributed by atoms with Gasteiger partial charge >= 0.3 is 0 Å². The van der Waals surface area contributed by atoms with Gasteiger partial charge in [-0.15, -0.1) is 0 Å². The minimum atomic E-state index is 0.640. The van der Waals surface area contributed by atoms with Crippen LogP contribution in [0.4, 0.5) is 5.69 Å². The molecule has 4 heteroatoms. The highest BCUT2D eigenvalue weighted by atomic mass is 16.5. The molecular weight excluding hydrogens is 262 g/mol. The monoisotopic (exact) mass is 285 g/mol. The van der Waals surface area contributed by atoms with Crippen LogP contribution in [-0.2, 0) is 13.0 Å². The number of nitrogens with one attached hydrogen (secondary N) is 1. The SMILES string of the molecule is CCOc1ccc(CCCNCc2ccccn2)cc1N. The van der Waals surface area contributed by atoms with E-state index in [0.717, 1.165) is 43.1 Å². The van der Waals surface area contributed by atoms with Crippen LogP contribution in [0, 0.1) is 0 Å². The molecule has 21 heavy (non-hydrogen) atoms. The molecule has 0 saturated heterocycles. The lowest BCUT2D eigenvalue weighted by Crippen LogP contribution is -2.16. The maximum absolute atomic E-state index is 5.96. The Balaban J connectivity index is 1.70. The van der Waals surface area contributed by atoms with Crippen LogP contribution in [0.25, 0.3) is 0 Å². The molecule has 3 N–H and O–H groups in total. The lowest BCUT2D eigenvalue weighted by Gasteiger charge is -2.09. The van der Waals surface area contributed by atoms with Crippen molar-refractivity contribution < 1.29 is 4.74 Å². The third kappa shape index (κ3) is 5.08. The van der Waals surface area contributed by atoms with E-state index in [1.54, 1.807) is 0 Å². The van der Waals surface area contributed by atoms with E-state index >= 15 is 0 Å². The van der Waals surface area contributed by atoms with E-state index in [9.17, 15) is 0 Å². The normalized spacial score (nSPS) is 10.5. The molecule has 0 amide bonds. The summed E-state index contributed by atoms with van der Waals surface area (Å²) in [6.45, 7) is 4.37. The van der Waals surface area contributed by atoms with E-state index in [2.05, 4.69) is 16.4 Å². The second kappa shape index (κ2) is 8.27.